The zero-order valence-corrected chi connectivity index (χ0v) is 8.37. The molecule has 4 heteroatoms. The lowest BCUT2D eigenvalue weighted by molar-refractivity contribution is 0.0697. The van der Waals surface area contributed by atoms with Crippen LogP contribution >= 0.6 is 0 Å². The predicted octanol–water partition coefficient (Wildman–Crippen LogP) is 1.59. The topological polar surface area (TPSA) is 65.1 Å². The Morgan fingerprint density at radius 2 is 2.33 bits per heavy atom. The standard InChI is InChI=1S/C11H12N2O2/c1-12-5-8-6-13-10-3-2-7(11(14)15)4-9(8)10/h2-4,6,12-13H,5H2,1H3,(H,14,15). The van der Waals surface area contributed by atoms with Crippen molar-refractivity contribution in [2.24, 2.45) is 0 Å². The highest BCUT2D eigenvalue weighted by molar-refractivity contribution is 5.94. The van der Waals surface area contributed by atoms with Gasteiger partial charge in [-0.1, -0.05) is 0 Å². The summed E-state index contributed by atoms with van der Waals surface area (Å²) in [6.07, 6.45) is 1.90. The Bertz CT molecular complexity index is 502. The van der Waals surface area contributed by atoms with Crippen LogP contribution in [0.4, 0.5) is 0 Å². The van der Waals surface area contributed by atoms with E-state index in [4.69, 9.17) is 5.11 Å². The molecule has 78 valence electrons. The molecule has 0 spiro atoms. The van der Waals surface area contributed by atoms with Gasteiger partial charge in [-0.2, -0.15) is 0 Å². The summed E-state index contributed by atoms with van der Waals surface area (Å²) in [7, 11) is 1.86. The van der Waals surface area contributed by atoms with Gasteiger partial charge in [0.1, 0.15) is 0 Å². The molecule has 0 bridgehead atoms. The quantitative estimate of drug-likeness (QED) is 0.711. The predicted molar refractivity (Wildman–Crippen MR) is 58.0 cm³/mol. The number of benzene rings is 1. The third kappa shape index (κ3) is 1.71. The molecular formula is C11H12N2O2. The minimum absolute atomic E-state index is 0.319. The van der Waals surface area contributed by atoms with Crippen LogP contribution in [0.25, 0.3) is 10.9 Å². The number of H-pyrrole nitrogens is 1. The number of hydrogen-bond acceptors (Lipinski definition) is 2. The summed E-state index contributed by atoms with van der Waals surface area (Å²) in [6.45, 7) is 0.725. The third-order valence-electron chi connectivity index (χ3n) is 2.38. The van der Waals surface area contributed by atoms with Crippen molar-refractivity contribution in [3.63, 3.8) is 0 Å². The molecular weight excluding hydrogens is 192 g/mol. The summed E-state index contributed by atoms with van der Waals surface area (Å²) in [5.74, 6) is -0.895. The zero-order valence-electron chi connectivity index (χ0n) is 8.37. The van der Waals surface area contributed by atoms with Gasteiger partial charge in [0.2, 0.25) is 0 Å². The van der Waals surface area contributed by atoms with Crippen LogP contribution in [0.15, 0.2) is 24.4 Å². The van der Waals surface area contributed by atoms with Crippen LogP contribution in [0.2, 0.25) is 0 Å². The Morgan fingerprint density at radius 1 is 1.53 bits per heavy atom. The van der Waals surface area contributed by atoms with E-state index in [9.17, 15) is 4.79 Å². The molecule has 2 rings (SSSR count). The SMILES string of the molecule is CNCc1c[nH]c2ccc(C(=O)O)cc12. The second-order valence-electron chi connectivity index (χ2n) is 3.41. The van der Waals surface area contributed by atoms with Gasteiger partial charge in [-0.15, -0.1) is 0 Å². The number of aromatic nitrogens is 1. The molecule has 0 aliphatic carbocycles. The molecule has 0 fully saturated rings. The lowest BCUT2D eigenvalue weighted by atomic mass is 10.1. The average Bonchev–Trinajstić information content (AvgIpc) is 2.61. The molecule has 0 atom stereocenters. The van der Waals surface area contributed by atoms with Crippen LogP contribution in [-0.4, -0.2) is 23.1 Å². The first-order valence-electron chi connectivity index (χ1n) is 4.70. The number of hydrogen-bond donors (Lipinski definition) is 3. The van der Waals surface area contributed by atoms with Crippen molar-refractivity contribution in [3.8, 4) is 0 Å². The normalized spacial score (nSPS) is 10.7. The molecule has 0 saturated heterocycles. The van der Waals surface area contributed by atoms with Crippen LogP contribution in [0.1, 0.15) is 15.9 Å². The van der Waals surface area contributed by atoms with Gasteiger partial charge in [-0.3, -0.25) is 0 Å². The number of nitrogens with one attached hydrogen (secondary N) is 2. The molecule has 0 radical (unpaired) electrons. The number of carboxylic acids is 1. The van der Waals surface area contributed by atoms with E-state index < -0.39 is 5.97 Å². The van der Waals surface area contributed by atoms with Crippen molar-refractivity contribution in [3.05, 3.63) is 35.5 Å². The summed E-state index contributed by atoms with van der Waals surface area (Å²) in [5.41, 5.74) is 2.36. The first-order chi connectivity index (χ1) is 7.22. The van der Waals surface area contributed by atoms with Gasteiger partial charge in [0, 0.05) is 23.6 Å². The lowest BCUT2D eigenvalue weighted by Gasteiger charge is -1.98. The number of carbonyl (C=O) groups is 1. The van der Waals surface area contributed by atoms with E-state index in [-0.39, 0.29) is 0 Å². The van der Waals surface area contributed by atoms with Gasteiger partial charge in [0.25, 0.3) is 0 Å². The second kappa shape index (κ2) is 3.74. The molecule has 1 aromatic carbocycles. The van der Waals surface area contributed by atoms with Gasteiger partial charge in [0.05, 0.1) is 5.56 Å². The van der Waals surface area contributed by atoms with Crippen molar-refractivity contribution in [2.45, 2.75) is 6.54 Å². The van der Waals surface area contributed by atoms with Gasteiger partial charge in [0.15, 0.2) is 0 Å². The largest absolute Gasteiger partial charge is 0.478 e. The van der Waals surface area contributed by atoms with Crippen LogP contribution in [0.5, 0.6) is 0 Å². The summed E-state index contributed by atoms with van der Waals surface area (Å²) >= 11 is 0. The van der Waals surface area contributed by atoms with Crippen molar-refractivity contribution >= 4 is 16.9 Å². The molecule has 0 aliphatic heterocycles. The summed E-state index contributed by atoms with van der Waals surface area (Å²) < 4.78 is 0. The number of aromatic amines is 1. The Morgan fingerprint density at radius 3 is 3.00 bits per heavy atom. The molecule has 2 aromatic rings. The Hall–Kier alpha value is -1.81. The fourth-order valence-electron chi connectivity index (χ4n) is 1.65. The molecule has 0 unspecified atom stereocenters. The Labute approximate surface area is 86.9 Å². The molecule has 1 heterocycles. The monoisotopic (exact) mass is 204 g/mol. The first kappa shape index (κ1) is 9.73. The minimum Gasteiger partial charge on any atom is -0.478 e. The van der Waals surface area contributed by atoms with Crippen LogP contribution < -0.4 is 5.32 Å². The van der Waals surface area contributed by atoms with Crippen molar-refractivity contribution in [2.75, 3.05) is 7.05 Å². The number of aromatic carboxylic acids is 1. The molecule has 4 nitrogen and oxygen atoms in total. The van der Waals surface area contributed by atoms with E-state index in [0.29, 0.717) is 5.56 Å². The molecule has 3 N–H and O–H groups in total. The highest BCUT2D eigenvalue weighted by Crippen LogP contribution is 2.19. The van der Waals surface area contributed by atoms with Gasteiger partial charge >= 0.3 is 5.97 Å². The maximum absolute atomic E-state index is 10.8. The Balaban J connectivity index is 2.56. The number of rotatable bonds is 3. The molecule has 0 saturated carbocycles. The fourth-order valence-corrected chi connectivity index (χ4v) is 1.65. The Kier molecular flexibility index (Phi) is 2.43. The molecule has 15 heavy (non-hydrogen) atoms. The van der Waals surface area contributed by atoms with Crippen LogP contribution in [0, 0.1) is 0 Å². The van der Waals surface area contributed by atoms with Crippen molar-refractivity contribution in [1.82, 2.24) is 10.3 Å². The lowest BCUT2D eigenvalue weighted by Crippen LogP contribution is -2.04. The van der Waals surface area contributed by atoms with E-state index in [0.717, 1.165) is 23.0 Å². The third-order valence-corrected chi connectivity index (χ3v) is 2.38. The maximum atomic E-state index is 10.8. The molecule has 1 aromatic heterocycles. The summed E-state index contributed by atoms with van der Waals surface area (Å²) in [5, 5.41) is 12.9. The van der Waals surface area contributed by atoms with Gasteiger partial charge in [-0.05, 0) is 30.8 Å². The highest BCUT2D eigenvalue weighted by Gasteiger charge is 2.07. The van der Waals surface area contributed by atoms with Crippen molar-refractivity contribution < 1.29 is 9.90 Å². The van der Waals surface area contributed by atoms with Crippen LogP contribution in [-0.2, 0) is 6.54 Å². The maximum Gasteiger partial charge on any atom is 0.335 e. The highest BCUT2D eigenvalue weighted by atomic mass is 16.4. The zero-order chi connectivity index (χ0) is 10.8. The minimum atomic E-state index is -0.895. The fraction of sp³-hybridized carbons (Fsp3) is 0.182. The van der Waals surface area contributed by atoms with E-state index in [1.54, 1.807) is 18.2 Å². The van der Waals surface area contributed by atoms with Gasteiger partial charge < -0.3 is 15.4 Å². The molecule has 0 aliphatic rings. The second-order valence-corrected chi connectivity index (χ2v) is 3.41. The summed E-state index contributed by atoms with van der Waals surface area (Å²) in [6, 6.07) is 5.09. The van der Waals surface area contributed by atoms with E-state index in [1.165, 1.54) is 0 Å². The number of carboxylic acid groups (broad SMARTS) is 1. The van der Waals surface area contributed by atoms with Crippen LogP contribution in [0.3, 0.4) is 0 Å². The summed E-state index contributed by atoms with van der Waals surface area (Å²) in [4.78, 5) is 13.9. The average molecular weight is 204 g/mol. The van der Waals surface area contributed by atoms with E-state index >= 15 is 0 Å². The smallest absolute Gasteiger partial charge is 0.335 e. The molecule has 0 amide bonds. The van der Waals surface area contributed by atoms with E-state index in [1.807, 2.05) is 13.2 Å². The number of fused-ring (bicyclic) bond motifs is 1. The van der Waals surface area contributed by atoms with Crippen molar-refractivity contribution in [1.29, 1.82) is 0 Å². The van der Waals surface area contributed by atoms with Gasteiger partial charge in [-0.25, -0.2) is 4.79 Å². The van der Waals surface area contributed by atoms with E-state index in [2.05, 4.69) is 10.3 Å². The first-order valence-corrected chi connectivity index (χ1v) is 4.70.